The van der Waals surface area contributed by atoms with Crippen LogP contribution in [0.5, 0.6) is 0 Å². The molecule has 2 rings (SSSR count). The molecule has 0 spiro atoms. The van der Waals surface area contributed by atoms with Crippen molar-refractivity contribution >= 4 is 23.2 Å². The van der Waals surface area contributed by atoms with Gasteiger partial charge in [-0.05, 0) is 31.0 Å². The summed E-state index contributed by atoms with van der Waals surface area (Å²) in [6.45, 7) is 0.951. The zero-order valence-corrected chi connectivity index (χ0v) is 13.0. The Bertz CT molecular complexity index is 461. The van der Waals surface area contributed by atoms with E-state index in [1.54, 1.807) is 12.1 Å². The maximum absolute atomic E-state index is 12.2. The van der Waals surface area contributed by atoms with Crippen molar-refractivity contribution in [3.05, 3.63) is 29.3 Å². The Hall–Kier alpha value is -1.10. The summed E-state index contributed by atoms with van der Waals surface area (Å²) in [4.78, 5) is 14.3. The number of carbonyl (C=O) groups is 1. The molecule has 1 fully saturated rings. The van der Waals surface area contributed by atoms with E-state index in [9.17, 15) is 9.90 Å². The molecular weight excluding hydrogens is 288 g/mol. The molecule has 1 aromatic rings. The maximum atomic E-state index is 12.2. The minimum atomic E-state index is -0.0590. The molecule has 1 aliphatic carbocycles. The lowest BCUT2D eigenvalue weighted by atomic mass is 9.94. The molecule has 5 heteroatoms. The Labute approximate surface area is 131 Å². The number of rotatable bonds is 6. The third-order valence-corrected chi connectivity index (χ3v) is 4.17. The molecule has 116 valence electrons. The highest BCUT2D eigenvalue weighted by atomic mass is 35.5. The summed E-state index contributed by atoms with van der Waals surface area (Å²) < 4.78 is 0. The first-order valence-electron chi connectivity index (χ1n) is 7.59. The van der Waals surface area contributed by atoms with Crippen molar-refractivity contribution < 1.29 is 9.90 Å². The van der Waals surface area contributed by atoms with Gasteiger partial charge >= 0.3 is 0 Å². The molecule has 0 heterocycles. The van der Waals surface area contributed by atoms with Crippen LogP contribution >= 0.6 is 11.6 Å². The Morgan fingerprint density at radius 3 is 2.76 bits per heavy atom. The molecule has 0 unspecified atom stereocenters. The average Bonchev–Trinajstić information content (AvgIpc) is 2.47. The Morgan fingerprint density at radius 1 is 1.33 bits per heavy atom. The van der Waals surface area contributed by atoms with E-state index in [1.165, 1.54) is 19.3 Å². The SMILES string of the molecule is O=C(CN(CCO)C1CCCCC1)Nc1cccc(Cl)c1. The number of carbonyl (C=O) groups excluding carboxylic acids is 1. The molecular formula is C16H23ClN2O2. The summed E-state index contributed by atoms with van der Waals surface area (Å²) in [5.74, 6) is -0.0590. The van der Waals surface area contributed by atoms with E-state index >= 15 is 0 Å². The second-order valence-electron chi connectivity index (χ2n) is 5.54. The quantitative estimate of drug-likeness (QED) is 0.849. The minimum Gasteiger partial charge on any atom is -0.395 e. The van der Waals surface area contributed by atoms with Crippen molar-refractivity contribution in [3.8, 4) is 0 Å². The molecule has 4 nitrogen and oxygen atoms in total. The highest BCUT2D eigenvalue weighted by molar-refractivity contribution is 6.30. The van der Waals surface area contributed by atoms with E-state index in [0.29, 0.717) is 29.8 Å². The largest absolute Gasteiger partial charge is 0.395 e. The molecule has 0 radical (unpaired) electrons. The summed E-state index contributed by atoms with van der Waals surface area (Å²) in [6, 6.07) is 7.55. The Kier molecular flexibility index (Phi) is 6.49. The number of benzene rings is 1. The van der Waals surface area contributed by atoms with Gasteiger partial charge in [-0.25, -0.2) is 0 Å². The van der Waals surface area contributed by atoms with Crippen LogP contribution < -0.4 is 5.32 Å². The number of aliphatic hydroxyl groups excluding tert-OH is 1. The standard InChI is InChI=1S/C16H23ClN2O2/c17-13-5-4-6-14(11-13)18-16(21)12-19(9-10-20)15-7-2-1-3-8-15/h4-6,11,15,20H,1-3,7-10,12H2,(H,18,21). The molecule has 1 amide bonds. The molecule has 21 heavy (non-hydrogen) atoms. The van der Waals surface area contributed by atoms with Crippen molar-refractivity contribution in [1.29, 1.82) is 0 Å². The number of amides is 1. The van der Waals surface area contributed by atoms with Crippen molar-refractivity contribution in [2.24, 2.45) is 0 Å². The predicted molar refractivity (Wildman–Crippen MR) is 85.6 cm³/mol. The molecule has 0 saturated heterocycles. The van der Waals surface area contributed by atoms with E-state index in [0.717, 1.165) is 12.8 Å². The third-order valence-electron chi connectivity index (χ3n) is 3.93. The van der Waals surface area contributed by atoms with Crippen molar-refractivity contribution in [2.45, 2.75) is 38.1 Å². The lowest BCUT2D eigenvalue weighted by molar-refractivity contribution is -0.118. The van der Waals surface area contributed by atoms with Crippen LogP contribution in [-0.2, 0) is 4.79 Å². The van der Waals surface area contributed by atoms with Gasteiger partial charge in [-0.2, -0.15) is 0 Å². The number of hydrogen-bond acceptors (Lipinski definition) is 3. The first kappa shape index (κ1) is 16.3. The molecule has 1 aliphatic rings. The zero-order valence-electron chi connectivity index (χ0n) is 12.2. The fraction of sp³-hybridized carbons (Fsp3) is 0.562. The number of anilines is 1. The predicted octanol–water partition coefficient (Wildman–Crippen LogP) is 2.91. The van der Waals surface area contributed by atoms with Gasteiger partial charge in [-0.15, -0.1) is 0 Å². The van der Waals surface area contributed by atoms with Crippen LogP contribution in [0.3, 0.4) is 0 Å². The second-order valence-corrected chi connectivity index (χ2v) is 5.98. The number of halogens is 1. The number of nitrogens with one attached hydrogen (secondary N) is 1. The molecule has 1 aromatic carbocycles. The topological polar surface area (TPSA) is 52.6 Å². The van der Waals surface area contributed by atoms with Gasteiger partial charge in [0.15, 0.2) is 0 Å². The highest BCUT2D eigenvalue weighted by Crippen LogP contribution is 2.22. The Morgan fingerprint density at radius 2 is 2.10 bits per heavy atom. The van der Waals surface area contributed by atoms with Crippen LogP contribution in [0, 0.1) is 0 Å². The molecule has 0 aliphatic heterocycles. The molecule has 2 N–H and O–H groups in total. The van der Waals surface area contributed by atoms with Gasteiger partial charge < -0.3 is 10.4 Å². The maximum Gasteiger partial charge on any atom is 0.238 e. The second kappa shape index (κ2) is 8.37. The molecule has 0 atom stereocenters. The van der Waals surface area contributed by atoms with E-state index in [-0.39, 0.29) is 12.5 Å². The van der Waals surface area contributed by atoms with Crippen LogP contribution in [0.1, 0.15) is 32.1 Å². The van der Waals surface area contributed by atoms with Gasteiger partial charge in [0.2, 0.25) is 5.91 Å². The first-order valence-corrected chi connectivity index (χ1v) is 7.97. The van der Waals surface area contributed by atoms with E-state index < -0.39 is 0 Å². The van der Waals surface area contributed by atoms with Gasteiger partial charge in [-0.1, -0.05) is 36.9 Å². The smallest absolute Gasteiger partial charge is 0.238 e. The van der Waals surface area contributed by atoms with Gasteiger partial charge in [0.1, 0.15) is 0 Å². The lowest BCUT2D eigenvalue weighted by Crippen LogP contribution is -2.43. The first-order chi connectivity index (χ1) is 10.2. The summed E-state index contributed by atoms with van der Waals surface area (Å²) in [6.07, 6.45) is 5.93. The number of hydrogen-bond donors (Lipinski definition) is 2. The van der Waals surface area contributed by atoms with Crippen LogP contribution in [0.4, 0.5) is 5.69 Å². The van der Waals surface area contributed by atoms with Gasteiger partial charge in [-0.3, -0.25) is 9.69 Å². The normalized spacial score (nSPS) is 16.1. The summed E-state index contributed by atoms with van der Waals surface area (Å²) in [5.41, 5.74) is 0.708. The lowest BCUT2D eigenvalue weighted by Gasteiger charge is -2.33. The van der Waals surface area contributed by atoms with E-state index in [2.05, 4.69) is 10.2 Å². The van der Waals surface area contributed by atoms with Gasteiger partial charge in [0.25, 0.3) is 0 Å². The monoisotopic (exact) mass is 310 g/mol. The number of aliphatic hydroxyl groups is 1. The summed E-state index contributed by atoms with van der Waals surface area (Å²) in [7, 11) is 0. The van der Waals surface area contributed by atoms with Gasteiger partial charge in [0, 0.05) is 23.3 Å². The molecule has 0 bridgehead atoms. The van der Waals surface area contributed by atoms with Gasteiger partial charge in [0.05, 0.1) is 13.2 Å². The van der Waals surface area contributed by atoms with Crippen LogP contribution in [0.2, 0.25) is 5.02 Å². The van der Waals surface area contributed by atoms with Crippen LogP contribution in [0.25, 0.3) is 0 Å². The summed E-state index contributed by atoms with van der Waals surface area (Å²) in [5, 5.41) is 12.7. The van der Waals surface area contributed by atoms with Crippen LogP contribution in [0.15, 0.2) is 24.3 Å². The average molecular weight is 311 g/mol. The van der Waals surface area contributed by atoms with Crippen molar-refractivity contribution in [1.82, 2.24) is 4.90 Å². The molecule has 1 saturated carbocycles. The molecule has 0 aromatic heterocycles. The Balaban J connectivity index is 1.91. The van der Waals surface area contributed by atoms with E-state index in [1.807, 2.05) is 12.1 Å². The fourth-order valence-corrected chi connectivity index (χ4v) is 3.11. The van der Waals surface area contributed by atoms with Crippen molar-refractivity contribution in [2.75, 3.05) is 25.0 Å². The minimum absolute atomic E-state index is 0.0590. The zero-order chi connectivity index (χ0) is 15.1. The third kappa shape index (κ3) is 5.30. The van der Waals surface area contributed by atoms with E-state index in [4.69, 9.17) is 11.6 Å². The highest BCUT2D eigenvalue weighted by Gasteiger charge is 2.22. The fourth-order valence-electron chi connectivity index (χ4n) is 2.92. The van der Waals surface area contributed by atoms with Crippen LogP contribution in [-0.4, -0.2) is 41.7 Å². The summed E-state index contributed by atoms with van der Waals surface area (Å²) >= 11 is 5.91. The number of nitrogens with zero attached hydrogens (tertiary/aromatic N) is 1. The van der Waals surface area contributed by atoms with Crippen molar-refractivity contribution in [3.63, 3.8) is 0 Å².